The molecule has 0 radical (unpaired) electrons. The Hall–Kier alpha value is -3.29. The van der Waals surface area contributed by atoms with Crippen molar-refractivity contribution >= 4 is 17.3 Å². The maximum absolute atomic E-state index is 12.0. The Morgan fingerprint density at radius 2 is 2.00 bits per heavy atom. The molecule has 0 fully saturated rings. The molecule has 0 saturated heterocycles. The second-order valence-corrected chi connectivity index (χ2v) is 4.97. The van der Waals surface area contributed by atoms with Gasteiger partial charge in [0.05, 0.1) is 23.3 Å². The molecule has 1 aromatic heterocycles. The Morgan fingerprint density at radius 3 is 2.58 bits per heavy atom. The van der Waals surface area contributed by atoms with Crippen molar-refractivity contribution in [2.75, 3.05) is 7.11 Å². The third-order valence-electron chi connectivity index (χ3n) is 3.29. The Balaban J connectivity index is 2.18. The molecule has 0 spiro atoms. The molecule has 2 aromatic rings. The van der Waals surface area contributed by atoms with Crippen molar-refractivity contribution in [3.8, 4) is 5.75 Å². The van der Waals surface area contributed by atoms with Gasteiger partial charge in [0.25, 0.3) is 5.91 Å². The number of aryl methyl sites for hydroxylation is 1. The number of hydrazone groups is 1. The maximum Gasteiger partial charge on any atom is 0.311 e. The van der Waals surface area contributed by atoms with Gasteiger partial charge in [-0.25, -0.2) is 5.43 Å². The number of carbonyl (C=O) groups excluding carboxylic acids is 1. The monoisotopic (exact) mass is 328 g/mol. The highest BCUT2D eigenvalue weighted by molar-refractivity contribution is 6.01. The Morgan fingerprint density at radius 1 is 1.29 bits per heavy atom. The van der Waals surface area contributed by atoms with E-state index in [1.54, 1.807) is 25.1 Å². The summed E-state index contributed by atoms with van der Waals surface area (Å²) >= 11 is 0. The number of ether oxygens (including phenoxy) is 1. The fourth-order valence-corrected chi connectivity index (χ4v) is 1.92. The lowest BCUT2D eigenvalue weighted by molar-refractivity contribution is -0.385. The number of amides is 1. The first-order valence-corrected chi connectivity index (χ1v) is 7.02. The highest BCUT2D eigenvalue weighted by Gasteiger charge is 2.16. The lowest BCUT2D eigenvalue weighted by atomic mass is 10.1. The van der Waals surface area contributed by atoms with E-state index in [1.807, 2.05) is 6.92 Å². The zero-order valence-corrected chi connectivity index (χ0v) is 13.4. The van der Waals surface area contributed by atoms with Crippen LogP contribution in [0.4, 0.5) is 5.69 Å². The molecule has 24 heavy (non-hydrogen) atoms. The summed E-state index contributed by atoms with van der Waals surface area (Å²) in [5.41, 5.74) is 4.34. The van der Waals surface area contributed by atoms with Crippen LogP contribution in [0.5, 0.6) is 5.75 Å². The van der Waals surface area contributed by atoms with Crippen molar-refractivity contribution in [2.24, 2.45) is 5.10 Å². The van der Waals surface area contributed by atoms with Gasteiger partial charge in [-0.15, -0.1) is 0 Å². The van der Waals surface area contributed by atoms with Crippen molar-refractivity contribution in [1.82, 2.24) is 10.4 Å². The van der Waals surface area contributed by atoms with Gasteiger partial charge in [0.2, 0.25) is 0 Å². The fourth-order valence-electron chi connectivity index (χ4n) is 1.92. The van der Waals surface area contributed by atoms with Crippen LogP contribution in [0.3, 0.4) is 0 Å². The summed E-state index contributed by atoms with van der Waals surface area (Å²) in [6.45, 7) is 3.46. The van der Waals surface area contributed by atoms with Crippen LogP contribution in [0.1, 0.15) is 28.5 Å². The van der Waals surface area contributed by atoms with E-state index in [-0.39, 0.29) is 11.4 Å². The molecule has 0 saturated carbocycles. The van der Waals surface area contributed by atoms with Crippen molar-refractivity contribution < 1.29 is 14.5 Å². The average Bonchev–Trinajstić information content (AvgIpc) is 2.59. The van der Waals surface area contributed by atoms with E-state index < -0.39 is 10.8 Å². The molecule has 0 unspecified atom stereocenters. The predicted molar refractivity (Wildman–Crippen MR) is 88.3 cm³/mol. The van der Waals surface area contributed by atoms with Crippen LogP contribution in [0.25, 0.3) is 0 Å². The molecule has 8 heteroatoms. The highest BCUT2D eigenvalue weighted by Crippen LogP contribution is 2.27. The topological polar surface area (TPSA) is 107 Å². The van der Waals surface area contributed by atoms with E-state index >= 15 is 0 Å². The number of nitro benzene ring substituents is 1. The van der Waals surface area contributed by atoms with Gasteiger partial charge in [-0.1, -0.05) is 0 Å². The van der Waals surface area contributed by atoms with E-state index in [0.717, 1.165) is 5.69 Å². The summed E-state index contributed by atoms with van der Waals surface area (Å²) in [6.07, 6.45) is 1.45. The lowest BCUT2D eigenvalue weighted by Crippen LogP contribution is -2.19. The number of benzene rings is 1. The van der Waals surface area contributed by atoms with Crippen LogP contribution in [-0.4, -0.2) is 28.6 Å². The molecule has 0 bridgehead atoms. The first-order valence-electron chi connectivity index (χ1n) is 7.02. The minimum atomic E-state index is -0.536. The van der Waals surface area contributed by atoms with Crippen LogP contribution in [0.2, 0.25) is 0 Å². The van der Waals surface area contributed by atoms with Crippen LogP contribution in [0.15, 0.2) is 41.6 Å². The summed E-state index contributed by atoms with van der Waals surface area (Å²) in [5.74, 6) is -0.254. The van der Waals surface area contributed by atoms with Crippen molar-refractivity contribution in [2.45, 2.75) is 13.8 Å². The SMILES string of the molecule is COc1ccc(C(C)=NNC(=O)c2ccc(C)nc2)cc1[N+](=O)[O-]. The van der Waals surface area contributed by atoms with E-state index in [0.29, 0.717) is 16.8 Å². The number of nitrogens with one attached hydrogen (secondary N) is 1. The number of pyridine rings is 1. The van der Waals surface area contributed by atoms with Gasteiger partial charge in [-0.05, 0) is 38.1 Å². The van der Waals surface area contributed by atoms with Crippen molar-refractivity contribution in [3.05, 3.63) is 63.5 Å². The average molecular weight is 328 g/mol. The number of hydrogen-bond acceptors (Lipinski definition) is 6. The molecule has 1 heterocycles. The third kappa shape index (κ3) is 3.92. The Kier molecular flexibility index (Phi) is 5.20. The molecule has 124 valence electrons. The van der Waals surface area contributed by atoms with E-state index in [1.165, 1.54) is 25.4 Å². The Labute approximate surface area is 138 Å². The largest absolute Gasteiger partial charge is 0.490 e. The minimum Gasteiger partial charge on any atom is -0.490 e. The molecular formula is C16H16N4O4. The zero-order chi connectivity index (χ0) is 17.7. The molecular weight excluding hydrogens is 312 g/mol. The number of aromatic nitrogens is 1. The van der Waals surface area contributed by atoms with Gasteiger partial charge in [0.15, 0.2) is 5.75 Å². The quantitative estimate of drug-likeness (QED) is 0.515. The van der Waals surface area contributed by atoms with Crippen molar-refractivity contribution in [3.63, 3.8) is 0 Å². The van der Waals surface area contributed by atoms with Gasteiger partial charge in [-0.3, -0.25) is 19.9 Å². The summed E-state index contributed by atoms with van der Waals surface area (Å²) in [7, 11) is 1.36. The zero-order valence-electron chi connectivity index (χ0n) is 13.4. The first kappa shape index (κ1) is 17.1. The molecule has 1 N–H and O–H groups in total. The molecule has 8 nitrogen and oxygen atoms in total. The fraction of sp³-hybridized carbons (Fsp3) is 0.188. The molecule has 0 aliphatic heterocycles. The normalized spacial score (nSPS) is 11.0. The minimum absolute atomic E-state index is 0.159. The Bertz CT molecular complexity index is 800. The van der Waals surface area contributed by atoms with Gasteiger partial charge < -0.3 is 4.74 Å². The smallest absolute Gasteiger partial charge is 0.311 e. The summed E-state index contributed by atoms with van der Waals surface area (Å²) in [4.78, 5) is 26.5. The molecule has 0 aliphatic rings. The highest BCUT2D eigenvalue weighted by atomic mass is 16.6. The van der Waals surface area contributed by atoms with Crippen LogP contribution < -0.4 is 10.2 Å². The first-order chi connectivity index (χ1) is 11.4. The number of rotatable bonds is 5. The van der Waals surface area contributed by atoms with E-state index in [2.05, 4.69) is 15.5 Å². The van der Waals surface area contributed by atoms with Crippen LogP contribution in [0, 0.1) is 17.0 Å². The number of carbonyl (C=O) groups is 1. The van der Waals surface area contributed by atoms with Crippen LogP contribution >= 0.6 is 0 Å². The summed E-state index contributed by atoms with van der Waals surface area (Å²) < 4.78 is 4.95. The van der Waals surface area contributed by atoms with E-state index in [9.17, 15) is 14.9 Å². The molecule has 2 rings (SSSR count). The van der Waals surface area contributed by atoms with Crippen LogP contribution in [-0.2, 0) is 0 Å². The molecule has 1 aromatic carbocycles. The lowest BCUT2D eigenvalue weighted by Gasteiger charge is -2.05. The number of methoxy groups -OCH3 is 1. The molecule has 1 amide bonds. The van der Waals surface area contributed by atoms with Gasteiger partial charge in [0, 0.05) is 23.5 Å². The molecule has 0 aliphatic carbocycles. The standard InChI is InChI=1S/C16H16N4O4/c1-10-4-5-13(9-17-10)16(21)19-18-11(2)12-6-7-15(24-3)14(8-12)20(22)23/h4-9H,1-3H3,(H,19,21). The molecule has 0 atom stereocenters. The number of nitrogens with zero attached hydrogens (tertiary/aromatic N) is 3. The maximum atomic E-state index is 12.0. The van der Waals surface area contributed by atoms with Crippen molar-refractivity contribution in [1.29, 1.82) is 0 Å². The second-order valence-electron chi connectivity index (χ2n) is 4.97. The second kappa shape index (κ2) is 7.32. The number of nitro groups is 1. The van der Waals surface area contributed by atoms with Gasteiger partial charge >= 0.3 is 5.69 Å². The van der Waals surface area contributed by atoms with Gasteiger partial charge in [0.1, 0.15) is 0 Å². The summed E-state index contributed by atoms with van der Waals surface area (Å²) in [5, 5.41) is 15.0. The van der Waals surface area contributed by atoms with E-state index in [4.69, 9.17) is 4.74 Å². The number of hydrogen-bond donors (Lipinski definition) is 1. The third-order valence-corrected chi connectivity index (χ3v) is 3.29. The van der Waals surface area contributed by atoms with Gasteiger partial charge in [-0.2, -0.15) is 5.10 Å². The predicted octanol–water partition coefficient (Wildman–Crippen LogP) is 2.46. The summed E-state index contributed by atoms with van der Waals surface area (Å²) in [6, 6.07) is 7.82.